The van der Waals surface area contributed by atoms with Crippen LogP contribution in [-0.4, -0.2) is 55.8 Å². The third kappa shape index (κ3) is 3.44. The van der Waals surface area contributed by atoms with Gasteiger partial charge in [0.05, 0.1) is 4.90 Å². The monoisotopic (exact) mass is 358 g/mol. The molecule has 0 fully saturated rings. The second-order valence-electron chi connectivity index (χ2n) is 6.49. The fourth-order valence-electron chi connectivity index (χ4n) is 2.73. The zero-order valence-electron chi connectivity index (χ0n) is 14.8. The quantitative estimate of drug-likeness (QED) is 0.761. The topological polar surface area (TPSA) is 69.3 Å². The van der Waals surface area contributed by atoms with Crippen LogP contribution in [0.3, 0.4) is 0 Å². The van der Waals surface area contributed by atoms with Crippen LogP contribution in [0.25, 0.3) is 22.2 Å². The molecule has 0 saturated carbocycles. The van der Waals surface area contributed by atoms with Crippen molar-refractivity contribution < 1.29 is 8.42 Å². The molecule has 7 heteroatoms. The number of benzene rings is 1. The normalized spacial score (nSPS) is 12.4. The number of hydrogen-bond donors (Lipinski definition) is 1. The molecule has 0 amide bonds. The SMILES string of the molecule is CN(C)Cc1c[nH]c2ncc(-c3cccc(S(=O)(=O)N(C)C)c3)cc12. The fourth-order valence-corrected chi connectivity index (χ4v) is 3.68. The number of aromatic amines is 1. The van der Waals surface area contributed by atoms with Crippen LogP contribution in [0.15, 0.2) is 47.6 Å². The van der Waals surface area contributed by atoms with Gasteiger partial charge in [0.1, 0.15) is 5.65 Å². The zero-order valence-corrected chi connectivity index (χ0v) is 15.6. The lowest BCUT2D eigenvalue weighted by Gasteiger charge is -2.12. The maximum Gasteiger partial charge on any atom is 0.242 e. The predicted molar refractivity (Wildman–Crippen MR) is 99.8 cm³/mol. The molecule has 0 unspecified atom stereocenters. The lowest BCUT2D eigenvalue weighted by molar-refractivity contribution is 0.404. The van der Waals surface area contributed by atoms with E-state index in [2.05, 4.69) is 20.9 Å². The largest absolute Gasteiger partial charge is 0.346 e. The van der Waals surface area contributed by atoms with Gasteiger partial charge in [0.25, 0.3) is 0 Å². The van der Waals surface area contributed by atoms with E-state index in [-0.39, 0.29) is 4.90 Å². The second-order valence-corrected chi connectivity index (χ2v) is 8.64. The third-order valence-corrected chi connectivity index (χ3v) is 5.86. The number of pyridine rings is 1. The average molecular weight is 358 g/mol. The smallest absolute Gasteiger partial charge is 0.242 e. The molecular weight excluding hydrogens is 336 g/mol. The molecule has 2 heterocycles. The molecule has 3 aromatic rings. The maximum atomic E-state index is 12.4. The first-order valence-electron chi connectivity index (χ1n) is 7.93. The molecule has 132 valence electrons. The lowest BCUT2D eigenvalue weighted by Crippen LogP contribution is -2.22. The van der Waals surface area contributed by atoms with Crippen LogP contribution in [-0.2, 0) is 16.6 Å². The third-order valence-electron chi connectivity index (χ3n) is 4.05. The van der Waals surface area contributed by atoms with Crippen molar-refractivity contribution in [1.82, 2.24) is 19.2 Å². The van der Waals surface area contributed by atoms with Crippen LogP contribution in [0.4, 0.5) is 0 Å². The highest BCUT2D eigenvalue weighted by Crippen LogP contribution is 2.27. The molecule has 1 N–H and O–H groups in total. The second kappa shape index (κ2) is 6.59. The minimum Gasteiger partial charge on any atom is -0.346 e. The first kappa shape index (κ1) is 17.6. The van der Waals surface area contributed by atoms with Gasteiger partial charge in [-0.15, -0.1) is 0 Å². The number of H-pyrrole nitrogens is 1. The van der Waals surface area contributed by atoms with Crippen LogP contribution >= 0.6 is 0 Å². The fraction of sp³-hybridized carbons (Fsp3) is 0.278. The van der Waals surface area contributed by atoms with Crippen molar-refractivity contribution in [2.45, 2.75) is 11.4 Å². The van der Waals surface area contributed by atoms with Crippen molar-refractivity contribution >= 4 is 21.1 Å². The Morgan fingerprint density at radius 2 is 1.84 bits per heavy atom. The highest BCUT2D eigenvalue weighted by molar-refractivity contribution is 7.89. The van der Waals surface area contributed by atoms with E-state index in [4.69, 9.17) is 0 Å². The van der Waals surface area contributed by atoms with Crippen molar-refractivity contribution in [3.05, 3.63) is 48.3 Å². The van der Waals surface area contributed by atoms with Crippen molar-refractivity contribution in [3.8, 4) is 11.1 Å². The number of rotatable bonds is 5. The standard InChI is InChI=1S/C18H22N4O2S/c1-21(2)12-15-11-20-18-17(15)9-14(10-19-18)13-6-5-7-16(8-13)25(23,24)22(3)4/h5-11H,12H2,1-4H3,(H,19,20). The molecule has 0 atom stereocenters. The van der Waals surface area contributed by atoms with E-state index in [1.54, 1.807) is 24.4 Å². The molecule has 0 spiro atoms. The summed E-state index contributed by atoms with van der Waals surface area (Å²) in [6.45, 7) is 0.806. The average Bonchev–Trinajstić information content (AvgIpc) is 2.96. The Morgan fingerprint density at radius 1 is 1.08 bits per heavy atom. The van der Waals surface area contributed by atoms with Gasteiger partial charge in [-0.3, -0.25) is 0 Å². The Balaban J connectivity index is 2.08. The number of fused-ring (bicyclic) bond motifs is 1. The maximum absolute atomic E-state index is 12.4. The molecular formula is C18H22N4O2S. The Hall–Kier alpha value is -2.22. The molecule has 0 bridgehead atoms. The van der Waals surface area contributed by atoms with E-state index in [1.165, 1.54) is 18.4 Å². The van der Waals surface area contributed by atoms with E-state index < -0.39 is 10.0 Å². The predicted octanol–water partition coefficient (Wildman–Crippen LogP) is 2.54. The van der Waals surface area contributed by atoms with Crippen LogP contribution < -0.4 is 0 Å². The molecule has 0 aliphatic carbocycles. The summed E-state index contributed by atoms with van der Waals surface area (Å²) < 4.78 is 25.9. The Kier molecular flexibility index (Phi) is 4.64. The molecule has 2 aromatic heterocycles. The minimum absolute atomic E-state index is 0.276. The van der Waals surface area contributed by atoms with Gasteiger partial charge < -0.3 is 9.88 Å². The van der Waals surface area contributed by atoms with E-state index in [0.29, 0.717) is 0 Å². The van der Waals surface area contributed by atoms with Gasteiger partial charge in [-0.25, -0.2) is 17.7 Å². The van der Waals surface area contributed by atoms with Gasteiger partial charge in [-0.2, -0.15) is 0 Å². The summed E-state index contributed by atoms with van der Waals surface area (Å²) in [5.41, 5.74) is 3.71. The molecule has 0 aliphatic rings. The Bertz CT molecular complexity index is 1010. The van der Waals surface area contributed by atoms with Gasteiger partial charge in [0.15, 0.2) is 0 Å². The molecule has 0 aliphatic heterocycles. The van der Waals surface area contributed by atoms with Crippen LogP contribution in [0.2, 0.25) is 0 Å². The molecule has 0 saturated heterocycles. The van der Waals surface area contributed by atoms with Gasteiger partial charge in [-0.05, 0) is 43.4 Å². The van der Waals surface area contributed by atoms with E-state index in [0.717, 1.165) is 34.3 Å². The number of nitrogens with one attached hydrogen (secondary N) is 1. The Labute approximate surface area is 148 Å². The van der Waals surface area contributed by atoms with Crippen LogP contribution in [0.5, 0.6) is 0 Å². The number of hydrogen-bond acceptors (Lipinski definition) is 4. The number of nitrogens with zero attached hydrogens (tertiary/aromatic N) is 3. The number of sulfonamides is 1. The highest BCUT2D eigenvalue weighted by Gasteiger charge is 2.17. The van der Waals surface area contributed by atoms with Crippen molar-refractivity contribution in [2.75, 3.05) is 28.2 Å². The summed E-state index contributed by atoms with van der Waals surface area (Å²) in [5.74, 6) is 0. The zero-order chi connectivity index (χ0) is 18.2. The summed E-state index contributed by atoms with van der Waals surface area (Å²) in [7, 11) is 3.64. The van der Waals surface area contributed by atoms with Crippen molar-refractivity contribution in [3.63, 3.8) is 0 Å². The van der Waals surface area contributed by atoms with Gasteiger partial charge in [0, 0.05) is 44.0 Å². The van der Waals surface area contributed by atoms with E-state index in [9.17, 15) is 8.42 Å². The van der Waals surface area contributed by atoms with Gasteiger partial charge >= 0.3 is 0 Å². The van der Waals surface area contributed by atoms with Crippen LogP contribution in [0.1, 0.15) is 5.56 Å². The molecule has 3 rings (SSSR count). The molecule has 6 nitrogen and oxygen atoms in total. The summed E-state index contributed by atoms with van der Waals surface area (Å²) in [5, 5.41) is 1.05. The summed E-state index contributed by atoms with van der Waals surface area (Å²) in [4.78, 5) is 10.0. The minimum atomic E-state index is -3.46. The Morgan fingerprint density at radius 3 is 2.52 bits per heavy atom. The lowest BCUT2D eigenvalue weighted by atomic mass is 10.1. The first-order valence-corrected chi connectivity index (χ1v) is 9.37. The van der Waals surface area contributed by atoms with Crippen molar-refractivity contribution in [2.24, 2.45) is 0 Å². The molecule has 0 radical (unpaired) electrons. The number of aromatic nitrogens is 2. The highest BCUT2D eigenvalue weighted by atomic mass is 32.2. The molecule has 1 aromatic carbocycles. The molecule has 25 heavy (non-hydrogen) atoms. The van der Waals surface area contributed by atoms with E-state index >= 15 is 0 Å². The van der Waals surface area contributed by atoms with E-state index in [1.807, 2.05) is 26.4 Å². The summed E-state index contributed by atoms with van der Waals surface area (Å²) >= 11 is 0. The van der Waals surface area contributed by atoms with Gasteiger partial charge in [-0.1, -0.05) is 12.1 Å². The van der Waals surface area contributed by atoms with Crippen molar-refractivity contribution in [1.29, 1.82) is 0 Å². The van der Waals surface area contributed by atoms with Gasteiger partial charge in [0.2, 0.25) is 10.0 Å². The summed E-state index contributed by atoms with van der Waals surface area (Å²) in [6, 6.07) is 9.01. The van der Waals surface area contributed by atoms with Crippen LogP contribution in [0, 0.1) is 0 Å². The first-order chi connectivity index (χ1) is 11.8. The summed E-state index contributed by atoms with van der Waals surface area (Å²) in [6.07, 6.45) is 3.73.